The lowest BCUT2D eigenvalue weighted by atomic mass is 10.1. The van der Waals surface area contributed by atoms with Crippen LogP contribution in [0.2, 0.25) is 0 Å². The number of halogens is 1. The molecule has 0 saturated heterocycles. The van der Waals surface area contributed by atoms with E-state index in [0.717, 1.165) is 13.1 Å². The highest BCUT2D eigenvalue weighted by Gasteiger charge is 2.10. The van der Waals surface area contributed by atoms with Gasteiger partial charge in [-0.1, -0.05) is 19.1 Å². The van der Waals surface area contributed by atoms with Crippen LogP contribution in [0.15, 0.2) is 40.8 Å². The first-order valence-electron chi connectivity index (χ1n) is 7.51. The van der Waals surface area contributed by atoms with E-state index in [2.05, 4.69) is 10.6 Å². The molecule has 0 aliphatic carbocycles. The van der Waals surface area contributed by atoms with E-state index in [-0.39, 0.29) is 11.7 Å². The molecule has 0 aliphatic rings. The first kappa shape index (κ1) is 16.2. The molecule has 118 valence electrons. The minimum atomic E-state index is -0.315. The van der Waals surface area contributed by atoms with Gasteiger partial charge in [0.1, 0.15) is 17.3 Å². The summed E-state index contributed by atoms with van der Waals surface area (Å²) in [5.74, 6) is 0.840. The van der Waals surface area contributed by atoms with Crippen molar-refractivity contribution in [2.45, 2.75) is 19.8 Å². The summed E-state index contributed by atoms with van der Waals surface area (Å²) < 4.78 is 19.3. The third-order valence-electron chi connectivity index (χ3n) is 3.27. The number of rotatable bonds is 8. The first-order chi connectivity index (χ1) is 10.7. The van der Waals surface area contributed by atoms with Gasteiger partial charge in [0.25, 0.3) is 0 Å². The van der Waals surface area contributed by atoms with Gasteiger partial charge < -0.3 is 15.1 Å². The fourth-order valence-electron chi connectivity index (χ4n) is 2.11. The van der Waals surface area contributed by atoms with E-state index < -0.39 is 0 Å². The summed E-state index contributed by atoms with van der Waals surface area (Å²) in [5, 5.41) is 5.97. The normalized spacial score (nSPS) is 10.6. The maximum Gasteiger partial charge on any atom is 0.220 e. The average Bonchev–Trinajstić information content (AvgIpc) is 2.99. The van der Waals surface area contributed by atoms with Gasteiger partial charge in [-0.2, -0.15) is 0 Å². The largest absolute Gasteiger partial charge is 0.461 e. The Hall–Kier alpha value is -2.14. The Morgan fingerprint density at radius 3 is 2.77 bits per heavy atom. The van der Waals surface area contributed by atoms with Crippen LogP contribution in [0.5, 0.6) is 0 Å². The summed E-state index contributed by atoms with van der Waals surface area (Å²) in [7, 11) is 0. The summed E-state index contributed by atoms with van der Waals surface area (Å²) in [4.78, 5) is 11.7. The Balaban J connectivity index is 1.83. The molecular weight excluding hydrogens is 283 g/mol. The number of nitrogens with one attached hydrogen (secondary N) is 2. The van der Waals surface area contributed by atoms with Crippen LogP contribution < -0.4 is 10.6 Å². The molecule has 2 aromatic rings. The van der Waals surface area contributed by atoms with Crippen molar-refractivity contribution >= 4 is 5.91 Å². The number of hydrogen-bond donors (Lipinski definition) is 2. The van der Waals surface area contributed by atoms with Crippen LogP contribution in [0.25, 0.3) is 11.3 Å². The Kier molecular flexibility index (Phi) is 6.15. The van der Waals surface area contributed by atoms with Gasteiger partial charge >= 0.3 is 0 Å². The number of aryl methyl sites for hydroxylation is 1. The van der Waals surface area contributed by atoms with Crippen LogP contribution in [-0.4, -0.2) is 25.5 Å². The van der Waals surface area contributed by atoms with Gasteiger partial charge in [-0.3, -0.25) is 4.79 Å². The van der Waals surface area contributed by atoms with Crippen molar-refractivity contribution in [3.8, 4) is 11.3 Å². The second-order valence-corrected chi connectivity index (χ2v) is 4.95. The van der Waals surface area contributed by atoms with Gasteiger partial charge in [0.15, 0.2) is 0 Å². The predicted molar refractivity (Wildman–Crippen MR) is 84.0 cm³/mol. The Morgan fingerprint density at radius 2 is 2.00 bits per heavy atom. The summed E-state index contributed by atoms with van der Waals surface area (Å²) in [6.07, 6.45) is 0.859. The summed E-state index contributed by atoms with van der Waals surface area (Å²) >= 11 is 0. The van der Waals surface area contributed by atoms with Crippen molar-refractivity contribution in [1.29, 1.82) is 0 Å². The minimum absolute atomic E-state index is 0.0123. The molecule has 0 atom stereocenters. The smallest absolute Gasteiger partial charge is 0.220 e. The molecule has 1 aromatic carbocycles. The van der Waals surface area contributed by atoms with Gasteiger partial charge in [0, 0.05) is 25.9 Å². The van der Waals surface area contributed by atoms with Gasteiger partial charge in [-0.15, -0.1) is 0 Å². The van der Waals surface area contributed by atoms with Gasteiger partial charge in [-0.05, 0) is 30.8 Å². The van der Waals surface area contributed by atoms with Crippen LogP contribution in [-0.2, 0) is 11.2 Å². The molecular formula is C17H21FN2O2. The molecule has 0 fully saturated rings. The van der Waals surface area contributed by atoms with Gasteiger partial charge in [-0.25, -0.2) is 4.39 Å². The lowest BCUT2D eigenvalue weighted by Gasteiger charge is -2.04. The van der Waals surface area contributed by atoms with Crippen LogP contribution in [0.1, 0.15) is 19.1 Å². The minimum Gasteiger partial charge on any atom is -0.461 e. The Bertz CT molecular complexity index is 610. The second kappa shape index (κ2) is 8.34. The molecule has 2 N–H and O–H groups in total. The van der Waals surface area contributed by atoms with E-state index in [1.165, 1.54) is 6.07 Å². The maximum absolute atomic E-state index is 13.7. The Labute approximate surface area is 129 Å². The molecule has 1 amide bonds. The summed E-state index contributed by atoms with van der Waals surface area (Å²) in [5.41, 5.74) is 0.434. The van der Waals surface area contributed by atoms with E-state index >= 15 is 0 Å². The second-order valence-electron chi connectivity index (χ2n) is 4.95. The number of amides is 1. The molecule has 22 heavy (non-hydrogen) atoms. The third-order valence-corrected chi connectivity index (χ3v) is 3.27. The van der Waals surface area contributed by atoms with Crippen LogP contribution in [0.4, 0.5) is 4.39 Å². The monoisotopic (exact) mass is 304 g/mol. The molecule has 0 saturated carbocycles. The highest BCUT2D eigenvalue weighted by atomic mass is 19.1. The molecule has 0 spiro atoms. The highest BCUT2D eigenvalue weighted by Crippen LogP contribution is 2.25. The fourth-order valence-corrected chi connectivity index (χ4v) is 2.11. The highest BCUT2D eigenvalue weighted by molar-refractivity contribution is 5.76. The molecule has 0 radical (unpaired) electrons. The fraction of sp³-hybridized carbons (Fsp3) is 0.353. The third kappa shape index (κ3) is 4.70. The van der Waals surface area contributed by atoms with Crippen molar-refractivity contribution in [1.82, 2.24) is 10.6 Å². The number of likely N-dealkylation sites (N-methyl/N-ethyl adjacent to an activating group) is 1. The standard InChI is InChI=1S/C17H21FN2O2/c1-2-19-11-12-20-17(21)10-8-13-7-9-16(22-13)14-5-3-4-6-15(14)18/h3-7,9,19H,2,8,10-12H2,1H3,(H,20,21). The molecule has 0 unspecified atom stereocenters. The maximum atomic E-state index is 13.7. The average molecular weight is 304 g/mol. The summed E-state index contributed by atoms with van der Waals surface area (Å²) in [6, 6.07) is 9.99. The lowest BCUT2D eigenvalue weighted by Crippen LogP contribution is -2.31. The van der Waals surface area contributed by atoms with E-state index in [1.807, 2.05) is 6.92 Å². The SMILES string of the molecule is CCNCCNC(=O)CCc1ccc(-c2ccccc2F)o1. The van der Waals surface area contributed by atoms with Crippen molar-refractivity contribution < 1.29 is 13.6 Å². The van der Waals surface area contributed by atoms with Crippen molar-refractivity contribution in [2.24, 2.45) is 0 Å². The lowest BCUT2D eigenvalue weighted by molar-refractivity contribution is -0.121. The van der Waals surface area contributed by atoms with E-state index in [4.69, 9.17) is 4.42 Å². The van der Waals surface area contributed by atoms with Gasteiger partial charge in [0.05, 0.1) is 5.56 Å². The molecule has 4 nitrogen and oxygen atoms in total. The van der Waals surface area contributed by atoms with E-state index in [9.17, 15) is 9.18 Å². The molecule has 2 rings (SSSR count). The molecule has 0 bridgehead atoms. The molecule has 1 heterocycles. The quantitative estimate of drug-likeness (QED) is 0.737. The zero-order valence-electron chi connectivity index (χ0n) is 12.7. The number of benzene rings is 1. The molecule has 1 aromatic heterocycles. The van der Waals surface area contributed by atoms with Crippen LogP contribution >= 0.6 is 0 Å². The first-order valence-corrected chi connectivity index (χ1v) is 7.51. The van der Waals surface area contributed by atoms with Crippen LogP contribution in [0, 0.1) is 5.82 Å². The van der Waals surface area contributed by atoms with Crippen LogP contribution in [0.3, 0.4) is 0 Å². The number of carbonyl (C=O) groups is 1. The zero-order valence-corrected chi connectivity index (χ0v) is 12.7. The number of furan rings is 1. The van der Waals surface area contributed by atoms with Gasteiger partial charge in [0.2, 0.25) is 5.91 Å². The number of hydrogen-bond acceptors (Lipinski definition) is 3. The predicted octanol–water partition coefficient (Wildman–Crippen LogP) is 2.74. The van der Waals surface area contributed by atoms with Crippen molar-refractivity contribution in [3.63, 3.8) is 0 Å². The van der Waals surface area contributed by atoms with Crippen molar-refractivity contribution in [2.75, 3.05) is 19.6 Å². The van der Waals surface area contributed by atoms with Crippen molar-refractivity contribution in [3.05, 3.63) is 48.0 Å². The Morgan fingerprint density at radius 1 is 1.18 bits per heavy atom. The number of carbonyl (C=O) groups excluding carboxylic acids is 1. The molecule has 5 heteroatoms. The topological polar surface area (TPSA) is 54.3 Å². The van der Waals surface area contributed by atoms with E-state index in [0.29, 0.717) is 36.5 Å². The van der Waals surface area contributed by atoms with E-state index in [1.54, 1.807) is 30.3 Å². The zero-order chi connectivity index (χ0) is 15.8. The summed E-state index contributed by atoms with van der Waals surface area (Å²) in [6.45, 7) is 4.29. The molecule has 0 aliphatic heterocycles.